The lowest BCUT2D eigenvalue weighted by atomic mass is 9.97. The maximum atomic E-state index is 12.6. The number of ketones is 1. The van der Waals surface area contributed by atoms with E-state index in [1.807, 2.05) is 41.9 Å². The van der Waals surface area contributed by atoms with Crippen LogP contribution in [0.3, 0.4) is 0 Å². The second-order valence-electron chi connectivity index (χ2n) is 8.80. The summed E-state index contributed by atoms with van der Waals surface area (Å²) in [6.45, 7) is 12.3. The van der Waals surface area contributed by atoms with Crippen LogP contribution in [0, 0.1) is 6.92 Å². The van der Waals surface area contributed by atoms with Crippen LogP contribution in [-0.2, 0) is 11.2 Å². The van der Waals surface area contributed by atoms with Crippen molar-refractivity contribution in [2.75, 3.05) is 18.0 Å². The molecule has 1 fully saturated rings. The van der Waals surface area contributed by atoms with Crippen LogP contribution >= 0.6 is 0 Å². The van der Waals surface area contributed by atoms with Gasteiger partial charge >= 0.3 is 0 Å². The molecule has 3 heterocycles. The predicted molar refractivity (Wildman–Crippen MR) is 129 cm³/mol. The number of nitrogens with zero attached hydrogens (tertiary/aromatic N) is 3. The quantitative estimate of drug-likeness (QED) is 0.621. The Bertz CT molecular complexity index is 1130. The number of nitrogens with one attached hydrogen (secondary N) is 1. The molecular formula is C26H32N4O. The highest BCUT2D eigenvalue weighted by Gasteiger charge is 2.21. The van der Waals surface area contributed by atoms with Gasteiger partial charge in [0, 0.05) is 48.2 Å². The highest BCUT2D eigenvalue weighted by atomic mass is 16.1. The number of aryl methyl sites for hydroxylation is 2. The fourth-order valence-electron chi connectivity index (χ4n) is 4.55. The fourth-order valence-corrected chi connectivity index (χ4v) is 4.55. The lowest BCUT2D eigenvalue weighted by Gasteiger charge is -2.38. The molecule has 1 saturated heterocycles. The summed E-state index contributed by atoms with van der Waals surface area (Å²) in [7, 11) is 0. The zero-order valence-corrected chi connectivity index (χ0v) is 19.1. The Morgan fingerprint density at radius 2 is 1.90 bits per heavy atom. The van der Waals surface area contributed by atoms with Crippen molar-refractivity contribution in [1.82, 2.24) is 14.9 Å². The molecule has 1 N–H and O–H groups in total. The number of aromatic nitrogens is 2. The summed E-state index contributed by atoms with van der Waals surface area (Å²) in [5.41, 5.74) is 7.17. The first-order valence-corrected chi connectivity index (χ1v) is 11.2. The van der Waals surface area contributed by atoms with E-state index in [2.05, 4.69) is 54.3 Å². The molecule has 31 heavy (non-hydrogen) atoms. The van der Waals surface area contributed by atoms with E-state index in [4.69, 9.17) is 0 Å². The van der Waals surface area contributed by atoms with Crippen molar-refractivity contribution in [2.24, 2.45) is 0 Å². The van der Waals surface area contributed by atoms with Crippen molar-refractivity contribution < 1.29 is 4.79 Å². The zero-order valence-electron chi connectivity index (χ0n) is 19.1. The molecule has 2 atom stereocenters. The smallest absolute Gasteiger partial charge is 0.160 e. The zero-order chi connectivity index (χ0) is 22.1. The molecule has 0 unspecified atom stereocenters. The first-order chi connectivity index (χ1) is 14.8. The third kappa shape index (κ3) is 4.57. The minimum absolute atomic E-state index is 0.0588. The fraction of sp³-hybridized carbons (Fsp3) is 0.385. The summed E-state index contributed by atoms with van der Waals surface area (Å²) < 4.78 is 1.85. The van der Waals surface area contributed by atoms with Gasteiger partial charge in [0.15, 0.2) is 5.78 Å². The first kappa shape index (κ1) is 21.3. The van der Waals surface area contributed by atoms with Gasteiger partial charge in [-0.3, -0.25) is 4.79 Å². The second-order valence-corrected chi connectivity index (χ2v) is 8.80. The second kappa shape index (κ2) is 8.67. The highest BCUT2D eigenvalue weighted by Crippen LogP contribution is 2.27. The Morgan fingerprint density at radius 3 is 2.58 bits per heavy atom. The number of carbonyl (C=O) groups is 1. The molecular weight excluding hydrogens is 384 g/mol. The van der Waals surface area contributed by atoms with E-state index in [0.717, 1.165) is 47.4 Å². The lowest BCUT2D eigenvalue weighted by molar-refractivity contribution is -0.111. The van der Waals surface area contributed by atoms with Gasteiger partial charge < -0.3 is 10.2 Å². The third-order valence-electron chi connectivity index (χ3n) is 6.01. The number of fused-ring (bicyclic) bond motifs is 1. The number of Topliss-reactive ketones (excluding diaryl/α,β-unsaturated/α-hetero) is 1. The van der Waals surface area contributed by atoms with Gasteiger partial charge in [0.05, 0.1) is 11.2 Å². The average Bonchev–Trinajstić information content (AvgIpc) is 3.13. The molecule has 0 spiro atoms. The predicted octanol–water partition coefficient (Wildman–Crippen LogP) is 4.52. The van der Waals surface area contributed by atoms with E-state index < -0.39 is 0 Å². The van der Waals surface area contributed by atoms with Crippen LogP contribution in [0.5, 0.6) is 0 Å². The molecule has 0 aliphatic carbocycles. The normalized spacial score (nSPS) is 19.8. The summed E-state index contributed by atoms with van der Waals surface area (Å²) in [6.07, 6.45) is 4.90. The van der Waals surface area contributed by atoms with Crippen molar-refractivity contribution in [3.05, 3.63) is 65.0 Å². The van der Waals surface area contributed by atoms with E-state index in [1.54, 1.807) is 6.92 Å². The number of piperazine rings is 1. The molecule has 1 aliphatic heterocycles. The van der Waals surface area contributed by atoms with Crippen LogP contribution in [0.25, 0.3) is 17.2 Å². The summed E-state index contributed by atoms with van der Waals surface area (Å²) in [5.74, 6) is 0.0588. The summed E-state index contributed by atoms with van der Waals surface area (Å²) in [5, 5.41) is 8.12. The van der Waals surface area contributed by atoms with Crippen molar-refractivity contribution in [1.29, 1.82) is 0 Å². The maximum absolute atomic E-state index is 12.6. The van der Waals surface area contributed by atoms with Gasteiger partial charge in [0.1, 0.15) is 0 Å². The Labute approximate surface area is 184 Å². The minimum atomic E-state index is 0.0588. The Kier molecular flexibility index (Phi) is 5.96. The number of carbonyl (C=O) groups excluding carboxylic acids is 1. The molecule has 5 nitrogen and oxygen atoms in total. The largest absolute Gasteiger partial charge is 0.368 e. The monoisotopic (exact) mass is 416 g/mol. The van der Waals surface area contributed by atoms with E-state index in [-0.39, 0.29) is 5.78 Å². The average molecular weight is 417 g/mol. The van der Waals surface area contributed by atoms with Gasteiger partial charge in [-0.25, -0.2) is 4.52 Å². The molecule has 3 aromatic rings. The summed E-state index contributed by atoms with van der Waals surface area (Å²) >= 11 is 0. The topological polar surface area (TPSA) is 49.6 Å². The number of benzene rings is 1. The van der Waals surface area contributed by atoms with E-state index in [1.165, 1.54) is 11.3 Å². The Balaban J connectivity index is 1.71. The molecule has 1 aliphatic rings. The van der Waals surface area contributed by atoms with Crippen LogP contribution in [0.15, 0.2) is 42.6 Å². The standard InChI is InChI=1S/C26H32N4O/c1-6-21-11-24(29-14-18(3)27-19(4)15-29)10-8-22(21)13-26(20(5)31)23-12-25-9-7-17(2)28-30(25)16-23/h7-13,16,18-19,27H,6,14-15H2,1-5H3/b26-13+/t18-,19+. The summed E-state index contributed by atoms with van der Waals surface area (Å²) in [6, 6.07) is 13.6. The minimum Gasteiger partial charge on any atom is -0.368 e. The van der Waals surface area contributed by atoms with Gasteiger partial charge in [-0.2, -0.15) is 5.10 Å². The Morgan fingerprint density at radius 1 is 1.16 bits per heavy atom. The van der Waals surface area contributed by atoms with Crippen molar-refractivity contribution in [3.63, 3.8) is 0 Å². The van der Waals surface area contributed by atoms with E-state index >= 15 is 0 Å². The first-order valence-electron chi connectivity index (χ1n) is 11.2. The van der Waals surface area contributed by atoms with Gasteiger partial charge in [-0.15, -0.1) is 0 Å². The van der Waals surface area contributed by atoms with Crippen molar-refractivity contribution in [3.8, 4) is 0 Å². The molecule has 1 aromatic carbocycles. The number of allylic oxidation sites excluding steroid dienone is 1. The molecule has 0 radical (unpaired) electrons. The van der Waals surface area contributed by atoms with Crippen molar-refractivity contribution >= 4 is 28.6 Å². The molecule has 0 saturated carbocycles. The molecule has 0 bridgehead atoms. The van der Waals surface area contributed by atoms with Crippen LogP contribution in [0.4, 0.5) is 5.69 Å². The number of hydrogen-bond donors (Lipinski definition) is 1. The maximum Gasteiger partial charge on any atom is 0.160 e. The number of anilines is 1. The molecule has 4 rings (SSSR count). The van der Waals surface area contributed by atoms with Crippen LogP contribution < -0.4 is 10.2 Å². The number of rotatable bonds is 5. The molecule has 2 aromatic heterocycles. The number of hydrogen-bond acceptors (Lipinski definition) is 4. The molecule has 5 heteroatoms. The van der Waals surface area contributed by atoms with Gasteiger partial charge in [-0.1, -0.05) is 13.0 Å². The van der Waals surface area contributed by atoms with Gasteiger partial charge in [-0.05, 0) is 81.7 Å². The highest BCUT2D eigenvalue weighted by molar-refractivity contribution is 6.24. The van der Waals surface area contributed by atoms with Crippen molar-refractivity contribution in [2.45, 2.75) is 53.1 Å². The van der Waals surface area contributed by atoms with E-state index in [9.17, 15) is 4.79 Å². The van der Waals surface area contributed by atoms with Crippen LogP contribution in [0.2, 0.25) is 0 Å². The summed E-state index contributed by atoms with van der Waals surface area (Å²) in [4.78, 5) is 15.0. The van der Waals surface area contributed by atoms with Crippen LogP contribution in [0.1, 0.15) is 50.1 Å². The molecule has 162 valence electrons. The lowest BCUT2D eigenvalue weighted by Crippen LogP contribution is -2.54. The van der Waals surface area contributed by atoms with E-state index in [0.29, 0.717) is 12.1 Å². The van der Waals surface area contributed by atoms with Gasteiger partial charge in [0.2, 0.25) is 0 Å². The SMILES string of the molecule is CCc1cc(N2C[C@@H](C)N[C@@H](C)C2)ccc1/C=C(\C(C)=O)c1cc2ccc(C)nn2c1. The van der Waals surface area contributed by atoms with Crippen LogP contribution in [-0.4, -0.2) is 40.6 Å². The third-order valence-corrected chi connectivity index (χ3v) is 6.01. The Hall–Kier alpha value is -2.92. The van der Waals surface area contributed by atoms with Gasteiger partial charge in [0.25, 0.3) is 0 Å². The molecule has 0 amide bonds.